The summed E-state index contributed by atoms with van der Waals surface area (Å²) in [5.74, 6) is -0.804. The van der Waals surface area contributed by atoms with E-state index in [0.29, 0.717) is 22.7 Å². The number of anilines is 1. The van der Waals surface area contributed by atoms with E-state index in [1.807, 2.05) is 82.3 Å². The van der Waals surface area contributed by atoms with Gasteiger partial charge in [0.15, 0.2) is 0 Å². The topological polar surface area (TPSA) is 86.8 Å². The van der Waals surface area contributed by atoms with Crippen LogP contribution in [0.25, 0.3) is 0 Å². The maximum absolute atomic E-state index is 14.6. The van der Waals surface area contributed by atoms with Crippen LogP contribution in [-0.2, 0) is 32.6 Å². The predicted molar refractivity (Wildman–Crippen MR) is 185 cm³/mol. The maximum atomic E-state index is 14.6. The van der Waals surface area contributed by atoms with Crippen LogP contribution >= 0.6 is 11.6 Å². The first kappa shape index (κ1) is 34.7. The maximum Gasteiger partial charge on any atom is 0.264 e. The van der Waals surface area contributed by atoms with Crippen molar-refractivity contribution in [3.63, 3.8) is 0 Å². The quantitative estimate of drug-likeness (QED) is 0.167. The summed E-state index contributed by atoms with van der Waals surface area (Å²) in [6.07, 6.45) is 0.972. The number of nitrogens with zero attached hydrogens (tertiary/aromatic N) is 2. The molecule has 4 rings (SSSR count). The third-order valence-electron chi connectivity index (χ3n) is 8.02. The first-order valence-corrected chi connectivity index (χ1v) is 17.3. The van der Waals surface area contributed by atoms with E-state index in [0.717, 1.165) is 26.6 Å². The Morgan fingerprint density at radius 3 is 2.13 bits per heavy atom. The summed E-state index contributed by atoms with van der Waals surface area (Å²) in [6.45, 7) is 9.09. The number of nitrogens with one attached hydrogen (secondary N) is 1. The van der Waals surface area contributed by atoms with Gasteiger partial charge in [0, 0.05) is 24.0 Å². The van der Waals surface area contributed by atoms with E-state index in [9.17, 15) is 18.0 Å². The number of benzene rings is 4. The predicted octanol–water partition coefficient (Wildman–Crippen LogP) is 7.02. The van der Waals surface area contributed by atoms with Crippen molar-refractivity contribution < 1.29 is 18.0 Å². The lowest BCUT2D eigenvalue weighted by Crippen LogP contribution is -2.54. The zero-order valence-electron chi connectivity index (χ0n) is 27.0. The first-order valence-electron chi connectivity index (χ1n) is 15.4. The van der Waals surface area contributed by atoms with Crippen LogP contribution in [0.1, 0.15) is 48.1 Å². The lowest BCUT2D eigenvalue weighted by atomic mass is 10.0. The summed E-state index contributed by atoms with van der Waals surface area (Å²) in [7, 11) is -4.20. The van der Waals surface area contributed by atoms with Crippen molar-refractivity contribution in [3.8, 4) is 0 Å². The highest BCUT2D eigenvalue weighted by atomic mass is 35.5. The van der Waals surface area contributed by atoms with E-state index in [2.05, 4.69) is 5.32 Å². The Morgan fingerprint density at radius 1 is 0.826 bits per heavy atom. The number of hydrogen-bond donors (Lipinski definition) is 1. The van der Waals surface area contributed by atoms with Gasteiger partial charge < -0.3 is 10.2 Å². The van der Waals surface area contributed by atoms with Gasteiger partial charge >= 0.3 is 0 Å². The molecule has 0 aliphatic rings. The fourth-order valence-corrected chi connectivity index (χ4v) is 6.96. The van der Waals surface area contributed by atoms with Gasteiger partial charge in [0.05, 0.1) is 10.6 Å². The SMILES string of the molecule is CC[C@@H](C)NC(=O)[C@H](Cc1ccccc1)N(Cc1cccc(C)c1)C(=O)CN(c1ccc(Cl)cc1C)S(=O)(=O)c1ccc(C)cc1. The van der Waals surface area contributed by atoms with Crippen LogP contribution < -0.4 is 9.62 Å². The number of amides is 2. The molecule has 4 aromatic rings. The molecule has 4 aromatic carbocycles. The Bertz CT molecular complexity index is 1760. The van der Waals surface area contributed by atoms with Gasteiger partial charge in [0.25, 0.3) is 10.0 Å². The van der Waals surface area contributed by atoms with Crippen molar-refractivity contribution >= 4 is 39.1 Å². The summed E-state index contributed by atoms with van der Waals surface area (Å²) in [5, 5.41) is 3.51. The van der Waals surface area contributed by atoms with Crippen LogP contribution in [0.2, 0.25) is 5.02 Å². The molecule has 7 nitrogen and oxygen atoms in total. The zero-order valence-corrected chi connectivity index (χ0v) is 28.6. The molecule has 0 fully saturated rings. The Kier molecular flexibility index (Phi) is 11.7. The van der Waals surface area contributed by atoms with Crippen LogP contribution in [0, 0.1) is 20.8 Å². The summed E-state index contributed by atoms with van der Waals surface area (Å²) in [4.78, 5) is 30.2. The van der Waals surface area contributed by atoms with Gasteiger partial charge in [-0.15, -0.1) is 0 Å². The fourth-order valence-electron chi connectivity index (χ4n) is 5.25. The molecule has 0 heterocycles. The Hall–Kier alpha value is -4.14. The standard InChI is InChI=1S/C37H42ClN3O4S/c1-6-29(5)39-37(43)35(23-30-12-8-7-9-13-30)40(24-31-14-10-11-27(3)21-31)36(42)25-41(34-20-17-32(38)22-28(34)4)46(44,45)33-18-15-26(2)16-19-33/h7-22,29,35H,6,23-25H2,1-5H3,(H,39,43)/t29-,35+/m1/s1. The van der Waals surface area contributed by atoms with E-state index in [-0.39, 0.29) is 29.8 Å². The first-order chi connectivity index (χ1) is 21.9. The lowest BCUT2D eigenvalue weighted by Gasteiger charge is -2.34. The Balaban J connectivity index is 1.83. The minimum Gasteiger partial charge on any atom is -0.352 e. The molecule has 242 valence electrons. The molecular weight excluding hydrogens is 618 g/mol. The second kappa shape index (κ2) is 15.4. The number of aryl methyl sites for hydroxylation is 3. The van der Waals surface area contributed by atoms with E-state index < -0.39 is 28.5 Å². The van der Waals surface area contributed by atoms with Crippen LogP contribution in [-0.4, -0.2) is 43.8 Å². The molecule has 0 bridgehead atoms. The Morgan fingerprint density at radius 2 is 1.50 bits per heavy atom. The number of rotatable bonds is 13. The summed E-state index contributed by atoms with van der Waals surface area (Å²) in [6, 6.07) is 27.7. The molecule has 0 aliphatic heterocycles. The average Bonchev–Trinajstić information content (AvgIpc) is 3.02. The van der Waals surface area contributed by atoms with E-state index in [1.54, 1.807) is 37.3 Å². The van der Waals surface area contributed by atoms with Gasteiger partial charge in [-0.1, -0.05) is 96.4 Å². The molecule has 0 aromatic heterocycles. The molecule has 2 amide bonds. The summed E-state index contributed by atoms with van der Waals surface area (Å²) >= 11 is 6.25. The van der Waals surface area contributed by atoms with E-state index in [1.165, 1.54) is 17.0 Å². The largest absolute Gasteiger partial charge is 0.352 e. The molecule has 0 spiro atoms. The molecule has 0 saturated carbocycles. The highest BCUT2D eigenvalue weighted by molar-refractivity contribution is 7.92. The second-order valence-corrected chi connectivity index (χ2v) is 14.1. The van der Waals surface area contributed by atoms with Gasteiger partial charge in [-0.3, -0.25) is 13.9 Å². The van der Waals surface area contributed by atoms with Crippen LogP contribution in [0.3, 0.4) is 0 Å². The molecule has 0 unspecified atom stereocenters. The van der Waals surface area contributed by atoms with Crippen molar-refractivity contribution in [2.24, 2.45) is 0 Å². The smallest absolute Gasteiger partial charge is 0.264 e. The van der Waals surface area contributed by atoms with Crippen molar-refractivity contribution in [2.45, 2.75) is 71.0 Å². The normalized spacial score (nSPS) is 12.7. The molecule has 9 heteroatoms. The number of carbonyl (C=O) groups is 2. The van der Waals surface area contributed by atoms with Gasteiger partial charge in [0.1, 0.15) is 12.6 Å². The molecule has 2 atom stereocenters. The lowest BCUT2D eigenvalue weighted by molar-refractivity contribution is -0.140. The molecule has 0 radical (unpaired) electrons. The highest BCUT2D eigenvalue weighted by Crippen LogP contribution is 2.30. The van der Waals surface area contributed by atoms with Crippen LogP contribution in [0.5, 0.6) is 0 Å². The van der Waals surface area contributed by atoms with Gasteiger partial charge in [-0.25, -0.2) is 8.42 Å². The molecule has 1 N–H and O–H groups in total. The van der Waals surface area contributed by atoms with Crippen molar-refractivity contribution in [1.82, 2.24) is 10.2 Å². The average molecular weight is 660 g/mol. The van der Waals surface area contributed by atoms with Gasteiger partial charge in [0.2, 0.25) is 11.8 Å². The summed E-state index contributed by atoms with van der Waals surface area (Å²) < 4.78 is 29.7. The van der Waals surface area contributed by atoms with E-state index in [4.69, 9.17) is 11.6 Å². The van der Waals surface area contributed by atoms with Crippen LogP contribution in [0.4, 0.5) is 5.69 Å². The van der Waals surface area contributed by atoms with Crippen molar-refractivity contribution in [3.05, 3.63) is 130 Å². The fraction of sp³-hybridized carbons (Fsp3) is 0.297. The molecule has 0 saturated heterocycles. The van der Waals surface area contributed by atoms with E-state index >= 15 is 0 Å². The highest BCUT2D eigenvalue weighted by Gasteiger charge is 2.35. The monoisotopic (exact) mass is 659 g/mol. The molecule has 46 heavy (non-hydrogen) atoms. The van der Waals surface area contributed by atoms with Crippen molar-refractivity contribution in [2.75, 3.05) is 10.8 Å². The Labute approximate surface area is 278 Å². The minimum atomic E-state index is -4.20. The molecular formula is C37H42ClN3O4S. The number of sulfonamides is 1. The third kappa shape index (κ3) is 8.77. The summed E-state index contributed by atoms with van der Waals surface area (Å²) in [5.41, 5.74) is 4.55. The molecule has 0 aliphatic carbocycles. The van der Waals surface area contributed by atoms with Gasteiger partial charge in [-0.05, 0) is 81.1 Å². The van der Waals surface area contributed by atoms with Crippen LogP contribution in [0.15, 0.2) is 102 Å². The van der Waals surface area contributed by atoms with Gasteiger partial charge in [-0.2, -0.15) is 0 Å². The number of carbonyl (C=O) groups excluding carboxylic acids is 2. The van der Waals surface area contributed by atoms with Crippen molar-refractivity contribution in [1.29, 1.82) is 0 Å². The zero-order chi connectivity index (χ0) is 33.4. The number of halogens is 1. The number of hydrogen-bond acceptors (Lipinski definition) is 4. The third-order valence-corrected chi connectivity index (χ3v) is 10.0. The minimum absolute atomic E-state index is 0.0563. The second-order valence-electron chi connectivity index (χ2n) is 11.8.